The van der Waals surface area contributed by atoms with Gasteiger partial charge in [-0.2, -0.15) is 11.8 Å². The molecular weight excluding hydrogens is 210 g/mol. The normalized spacial score (nSPS) is 20.2. The molecule has 15 heavy (non-hydrogen) atoms. The van der Waals surface area contributed by atoms with Crippen LogP contribution in [0.25, 0.3) is 0 Å². The minimum Gasteiger partial charge on any atom is -0.395 e. The average Bonchev–Trinajstić information content (AvgIpc) is 3.06. The van der Waals surface area contributed by atoms with Gasteiger partial charge < -0.3 is 15.2 Å². The van der Waals surface area contributed by atoms with Crippen molar-refractivity contribution < 1.29 is 9.84 Å². The number of hydrogen-bond donors (Lipinski definition) is 2. The van der Waals surface area contributed by atoms with Crippen LogP contribution in [-0.2, 0) is 4.74 Å². The van der Waals surface area contributed by atoms with E-state index < -0.39 is 0 Å². The van der Waals surface area contributed by atoms with Gasteiger partial charge >= 0.3 is 0 Å². The molecule has 2 atom stereocenters. The van der Waals surface area contributed by atoms with Crippen molar-refractivity contribution in [1.82, 2.24) is 5.32 Å². The lowest BCUT2D eigenvalue weighted by Gasteiger charge is -2.23. The third kappa shape index (κ3) is 5.20. The molecule has 0 bridgehead atoms. The van der Waals surface area contributed by atoms with E-state index in [-0.39, 0.29) is 12.6 Å². The van der Waals surface area contributed by atoms with Crippen LogP contribution in [0.2, 0.25) is 0 Å². The maximum Gasteiger partial charge on any atom is 0.0618 e. The van der Waals surface area contributed by atoms with Gasteiger partial charge in [-0.15, -0.1) is 0 Å². The number of methoxy groups -OCH3 is 1. The van der Waals surface area contributed by atoms with Gasteiger partial charge in [0, 0.05) is 19.2 Å². The molecule has 0 heterocycles. The smallest absolute Gasteiger partial charge is 0.0618 e. The quantitative estimate of drug-likeness (QED) is 0.626. The Kier molecular flexibility index (Phi) is 6.64. The summed E-state index contributed by atoms with van der Waals surface area (Å²) in [6.07, 6.45) is 5.75. The Hall–Kier alpha value is 0.230. The van der Waals surface area contributed by atoms with E-state index in [4.69, 9.17) is 4.74 Å². The summed E-state index contributed by atoms with van der Waals surface area (Å²) in [6, 6.07) is 0.673. The maximum absolute atomic E-state index is 9.26. The average molecular weight is 233 g/mol. The van der Waals surface area contributed by atoms with Crippen LogP contribution in [0.3, 0.4) is 0 Å². The van der Waals surface area contributed by atoms with Crippen LogP contribution in [0, 0.1) is 5.92 Å². The molecule has 0 aromatic heterocycles. The van der Waals surface area contributed by atoms with Gasteiger partial charge in [-0.25, -0.2) is 0 Å². The second-order valence-electron chi connectivity index (χ2n) is 4.23. The lowest BCUT2D eigenvalue weighted by Crippen LogP contribution is -2.44. The molecule has 1 aliphatic rings. The summed E-state index contributed by atoms with van der Waals surface area (Å²) < 4.78 is 5.21. The third-order valence-corrected chi connectivity index (χ3v) is 3.52. The highest BCUT2D eigenvalue weighted by Crippen LogP contribution is 2.33. The fourth-order valence-corrected chi connectivity index (χ4v) is 2.31. The molecular formula is C11H23NO2S. The molecule has 0 spiro atoms. The van der Waals surface area contributed by atoms with Crippen LogP contribution in [-0.4, -0.2) is 49.5 Å². The first kappa shape index (κ1) is 13.3. The van der Waals surface area contributed by atoms with Crippen molar-refractivity contribution in [1.29, 1.82) is 0 Å². The van der Waals surface area contributed by atoms with Crippen LogP contribution in [0.15, 0.2) is 0 Å². The number of ether oxygens (including phenoxy) is 1. The molecule has 0 amide bonds. The molecule has 3 nitrogen and oxygen atoms in total. The Bertz CT molecular complexity index is 165. The summed E-state index contributed by atoms with van der Waals surface area (Å²) in [4.78, 5) is 0. The fraction of sp³-hybridized carbons (Fsp3) is 1.00. The van der Waals surface area contributed by atoms with Crippen LogP contribution in [0.5, 0.6) is 0 Å². The number of aliphatic hydroxyl groups excluding tert-OH is 1. The molecule has 0 radical (unpaired) electrons. The minimum absolute atomic E-state index is 0.230. The molecule has 0 aromatic carbocycles. The number of nitrogens with one attached hydrogen (secondary N) is 1. The monoisotopic (exact) mass is 233 g/mol. The zero-order chi connectivity index (χ0) is 11.1. The van der Waals surface area contributed by atoms with Gasteiger partial charge in [-0.05, 0) is 37.2 Å². The second kappa shape index (κ2) is 7.49. The second-order valence-corrected chi connectivity index (χ2v) is 5.21. The molecule has 1 aliphatic carbocycles. The fourth-order valence-electron chi connectivity index (χ4n) is 1.79. The Balaban J connectivity index is 2.25. The zero-order valence-electron chi connectivity index (χ0n) is 9.74. The van der Waals surface area contributed by atoms with Gasteiger partial charge in [-0.3, -0.25) is 0 Å². The molecule has 4 heteroatoms. The molecule has 2 unspecified atom stereocenters. The first-order valence-electron chi connectivity index (χ1n) is 5.66. The predicted octanol–water partition coefficient (Wildman–Crippen LogP) is 1.11. The zero-order valence-corrected chi connectivity index (χ0v) is 10.6. The van der Waals surface area contributed by atoms with E-state index in [0.717, 1.165) is 24.7 Å². The van der Waals surface area contributed by atoms with Crippen molar-refractivity contribution in [2.24, 2.45) is 5.92 Å². The molecule has 90 valence electrons. The number of thioether (sulfide) groups is 1. The van der Waals surface area contributed by atoms with Crippen molar-refractivity contribution in [3.8, 4) is 0 Å². The summed E-state index contributed by atoms with van der Waals surface area (Å²) >= 11 is 1.83. The van der Waals surface area contributed by atoms with E-state index in [2.05, 4.69) is 11.6 Å². The van der Waals surface area contributed by atoms with Crippen molar-refractivity contribution in [2.75, 3.05) is 32.3 Å². The lowest BCUT2D eigenvalue weighted by molar-refractivity contribution is 0.138. The molecule has 1 rings (SSSR count). The van der Waals surface area contributed by atoms with Crippen LogP contribution < -0.4 is 5.32 Å². The van der Waals surface area contributed by atoms with Crippen molar-refractivity contribution in [2.45, 2.75) is 31.3 Å². The summed E-state index contributed by atoms with van der Waals surface area (Å²) in [5.74, 6) is 1.87. The first-order chi connectivity index (χ1) is 7.31. The standard InChI is InChI=1S/C11H23NO2S/c1-14-8-11(9-3-4-9)12-10(7-13)5-6-15-2/h9-13H,3-8H2,1-2H3. The van der Waals surface area contributed by atoms with Crippen molar-refractivity contribution in [3.63, 3.8) is 0 Å². The van der Waals surface area contributed by atoms with E-state index in [1.54, 1.807) is 7.11 Å². The topological polar surface area (TPSA) is 41.5 Å². The molecule has 0 saturated heterocycles. The highest BCUT2D eigenvalue weighted by atomic mass is 32.2. The van der Waals surface area contributed by atoms with Gasteiger partial charge in [-0.1, -0.05) is 0 Å². The van der Waals surface area contributed by atoms with Gasteiger partial charge in [0.25, 0.3) is 0 Å². The van der Waals surface area contributed by atoms with Crippen LogP contribution >= 0.6 is 11.8 Å². The Morgan fingerprint density at radius 2 is 2.27 bits per heavy atom. The van der Waals surface area contributed by atoms with E-state index in [0.29, 0.717) is 6.04 Å². The molecule has 0 aliphatic heterocycles. The van der Waals surface area contributed by atoms with Gasteiger partial charge in [0.1, 0.15) is 0 Å². The van der Waals surface area contributed by atoms with Gasteiger partial charge in [0.2, 0.25) is 0 Å². The minimum atomic E-state index is 0.230. The summed E-state index contributed by atoms with van der Waals surface area (Å²) in [5, 5.41) is 12.8. The van der Waals surface area contributed by atoms with Crippen molar-refractivity contribution in [3.05, 3.63) is 0 Å². The van der Waals surface area contributed by atoms with Crippen LogP contribution in [0.4, 0.5) is 0 Å². The number of rotatable bonds is 9. The first-order valence-corrected chi connectivity index (χ1v) is 7.06. The number of aliphatic hydroxyl groups is 1. The Morgan fingerprint density at radius 3 is 2.73 bits per heavy atom. The van der Waals surface area contributed by atoms with Crippen molar-refractivity contribution >= 4 is 11.8 Å². The Morgan fingerprint density at radius 1 is 1.53 bits per heavy atom. The van der Waals surface area contributed by atoms with Gasteiger partial charge in [0.05, 0.1) is 13.2 Å². The molecule has 1 saturated carbocycles. The molecule has 0 aromatic rings. The van der Waals surface area contributed by atoms with E-state index in [1.165, 1.54) is 12.8 Å². The van der Waals surface area contributed by atoms with Gasteiger partial charge in [0.15, 0.2) is 0 Å². The summed E-state index contributed by atoms with van der Waals surface area (Å²) in [6.45, 7) is 0.994. The SMILES string of the molecule is COCC(NC(CO)CCSC)C1CC1. The number of hydrogen-bond acceptors (Lipinski definition) is 4. The third-order valence-electron chi connectivity index (χ3n) is 2.88. The predicted molar refractivity (Wildman–Crippen MR) is 65.4 cm³/mol. The van der Waals surface area contributed by atoms with E-state index in [1.807, 2.05) is 11.8 Å². The van der Waals surface area contributed by atoms with E-state index >= 15 is 0 Å². The largest absolute Gasteiger partial charge is 0.395 e. The lowest BCUT2D eigenvalue weighted by atomic mass is 10.1. The highest BCUT2D eigenvalue weighted by molar-refractivity contribution is 7.98. The maximum atomic E-state index is 9.26. The Labute approximate surface area is 97.0 Å². The summed E-state index contributed by atoms with van der Waals surface area (Å²) in [7, 11) is 1.74. The van der Waals surface area contributed by atoms with E-state index in [9.17, 15) is 5.11 Å². The summed E-state index contributed by atoms with van der Waals surface area (Å²) in [5.41, 5.74) is 0. The molecule has 2 N–H and O–H groups in total. The van der Waals surface area contributed by atoms with Crippen LogP contribution in [0.1, 0.15) is 19.3 Å². The highest BCUT2D eigenvalue weighted by Gasteiger charge is 2.32. The molecule has 1 fully saturated rings.